The maximum atomic E-state index is 5.82. The zero-order valence-electron chi connectivity index (χ0n) is 19.1. The zero-order chi connectivity index (χ0) is 22.7. The van der Waals surface area contributed by atoms with Crippen LogP contribution in [0.2, 0.25) is 0 Å². The standard InChI is InChI=1S/C26H28N6O.HI/c1-27-26(29-16-12-21-8-10-24(11-9-21)32-17-5-14-31-32)30-19-23-13-15-28-25(18-23)33-20-22-6-3-2-4-7-22;/h2-11,13-15,17-18H,12,16,19-20H2,1H3,(H2,27,29,30);1H. The van der Waals surface area contributed by atoms with Gasteiger partial charge in [-0.1, -0.05) is 42.5 Å². The van der Waals surface area contributed by atoms with Crippen LogP contribution in [0.3, 0.4) is 0 Å². The van der Waals surface area contributed by atoms with Crippen molar-refractivity contribution in [3.05, 3.63) is 108 Å². The topological polar surface area (TPSA) is 76.4 Å². The van der Waals surface area contributed by atoms with Gasteiger partial charge in [0.2, 0.25) is 5.88 Å². The minimum atomic E-state index is 0. The number of halogens is 1. The number of aliphatic imine (C=N–C) groups is 1. The molecule has 0 radical (unpaired) electrons. The van der Waals surface area contributed by atoms with E-state index >= 15 is 0 Å². The first-order chi connectivity index (χ1) is 16.3. The SMILES string of the molecule is CN=C(NCCc1ccc(-n2cccn2)cc1)NCc1ccnc(OCc2ccccc2)c1.I. The van der Waals surface area contributed by atoms with Gasteiger partial charge in [0.05, 0.1) is 5.69 Å². The minimum Gasteiger partial charge on any atom is -0.473 e. The number of guanidine groups is 1. The van der Waals surface area contributed by atoms with Crippen molar-refractivity contribution in [2.24, 2.45) is 4.99 Å². The van der Waals surface area contributed by atoms with E-state index in [9.17, 15) is 0 Å². The van der Waals surface area contributed by atoms with Crippen molar-refractivity contribution in [3.8, 4) is 11.6 Å². The van der Waals surface area contributed by atoms with Gasteiger partial charge in [0.1, 0.15) is 6.61 Å². The quantitative estimate of drug-likeness (QED) is 0.178. The summed E-state index contributed by atoms with van der Waals surface area (Å²) in [7, 11) is 1.77. The molecule has 8 heteroatoms. The monoisotopic (exact) mass is 568 g/mol. The maximum Gasteiger partial charge on any atom is 0.213 e. The molecular weight excluding hydrogens is 539 g/mol. The average molecular weight is 568 g/mol. The van der Waals surface area contributed by atoms with Crippen LogP contribution in [-0.4, -0.2) is 34.3 Å². The van der Waals surface area contributed by atoms with E-state index in [4.69, 9.17) is 4.74 Å². The summed E-state index contributed by atoms with van der Waals surface area (Å²) in [6.45, 7) is 1.90. The molecular formula is C26H29IN6O. The fourth-order valence-corrected chi connectivity index (χ4v) is 3.34. The summed E-state index contributed by atoms with van der Waals surface area (Å²) in [5.74, 6) is 1.37. The second kappa shape index (κ2) is 13.3. The largest absolute Gasteiger partial charge is 0.473 e. The van der Waals surface area contributed by atoms with Gasteiger partial charge in [-0.25, -0.2) is 9.67 Å². The smallest absolute Gasteiger partial charge is 0.213 e. The summed E-state index contributed by atoms with van der Waals surface area (Å²) in [5, 5.41) is 11.0. The van der Waals surface area contributed by atoms with E-state index in [1.165, 1.54) is 5.56 Å². The van der Waals surface area contributed by atoms with Gasteiger partial charge in [-0.05, 0) is 47.4 Å². The Balaban J connectivity index is 0.00000324. The molecule has 0 spiro atoms. The molecule has 2 aromatic heterocycles. The highest BCUT2D eigenvalue weighted by molar-refractivity contribution is 14.0. The average Bonchev–Trinajstić information content (AvgIpc) is 3.41. The Labute approximate surface area is 217 Å². The number of nitrogens with one attached hydrogen (secondary N) is 2. The van der Waals surface area contributed by atoms with E-state index in [0.717, 1.165) is 35.7 Å². The lowest BCUT2D eigenvalue weighted by atomic mass is 10.1. The predicted octanol–water partition coefficient (Wildman–Crippen LogP) is 4.37. The van der Waals surface area contributed by atoms with E-state index in [1.54, 1.807) is 19.4 Å². The summed E-state index contributed by atoms with van der Waals surface area (Å²) < 4.78 is 7.67. The minimum absolute atomic E-state index is 0. The van der Waals surface area contributed by atoms with Crippen molar-refractivity contribution < 1.29 is 4.74 Å². The van der Waals surface area contributed by atoms with Gasteiger partial charge in [0.25, 0.3) is 0 Å². The third-order valence-corrected chi connectivity index (χ3v) is 5.12. The fraction of sp³-hybridized carbons (Fsp3) is 0.192. The fourth-order valence-electron chi connectivity index (χ4n) is 3.34. The second-order valence-corrected chi connectivity index (χ2v) is 7.50. The maximum absolute atomic E-state index is 5.82. The summed E-state index contributed by atoms with van der Waals surface area (Å²) in [4.78, 5) is 8.62. The van der Waals surface area contributed by atoms with Gasteiger partial charge in [0, 0.05) is 44.8 Å². The van der Waals surface area contributed by atoms with Crippen molar-refractivity contribution in [2.45, 2.75) is 19.6 Å². The molecule has 4 rings (SSSR count). The molecule has 0 aliphatic rings. The number of aromatic nitrogens is 3. The molecule has 34 heavy (non-hydrogen) atoms. The molecule has 0 amide bonds. The summed E-state index contributed by atoms with van der Waals surface area (Å²) in [5.41, 5.74) is 4.50. The van der Waals surface area contributed by atoms with Gasteiger partial charge in [-0.15, -0.1) is 24.0 Å². The molecule has 0 fully saturated rings. The summed E-state index contributed by atoms with van der Waals surface area (Å²) in [6, 6.07) is 24.3. The van der Waals surface area contributed by atoms with Crippen molar-refractivity contribution in [1.82, 2.24) is 25.4 Å². The van der Waals surface area contributed by atoms with Crippen LogP contribution in [0.15, 0.2) is 96.4 Å². The molecule has 0 atom stereocenters. The van der Waals surface area contributed by atoms with Crippen LogP contribution >= 0.6 is 24.0 Å². The van der Waals surface area contributed by atoms with Gasteiger partial charge in [0.15, 0.2) is 5.96 Å². The number of rotatable bonds is 9. The number of hydrogen-bond acceptors (Lipinski definition) is 4. The predicted molar refractivity (Wildman–Crippen MR) is 146 cm³/mol. The van der Waals surface area contributed by atoms with Crippen LogP contribution in [0.5, 0.6) is 5.88 Å². The Morgan fingerprint density at radius 3 is 2.47 bits per heavy atom. The lowest BCUT2D eigenvalue weighted by Gasteiger charge is -2.13. The van der Waals surface area contributed by atoms with Crippen LogP contribution in [0.1, 0.15) is 16.7 Å². The first kappa shape index (κ1) is 25.2. The molecule has 0 aliphatic carbocycles. The number of ether oxygens (including phenoxy) is 1. The van der Waals surface area contributed by atoms with E-state index in [1.807, 2.05) is 59.4 Å². The number of benzene rings is 2. The Hall–Kier alpha value is -3.40. The van der Waals surface area contributed by atoms with Crippen molar-refractivity contribution in [3.63, 3.8) is 0 Å². The van der Waals surface area contributed by atoms with Gasteiger partial charge in [-0.3, -0.25) is 4.99 Å². The van der Waals surface area contributed by atoms with Crippen molar-refractivity contribution in [2.75, 3.05) is 13.6 Å². The van der Waals surface area contributed by atoms with Crippen LogP contribution in [-0.2, 0) is 19.6 Å². The van der Waals surface area contributed by atoms with E-state index < -0.39 is 0 Å². The molecule has 0 saturated heterocycles. The van der Waals surface area contributed by atoms with E-state index in [2.05, 4.69) is 50.0 Å². The molecule has 7 nitrogen and oxygen atoms in total. The number of hydrogen-bond donors (Lipinski definition) is 2. The number of nitrogens with zero attached hydrogens (tertiary/aromatic N) is 4. The Kier molecular flexibility index (Phi) is 9.90. The summed E-state index contributed by atoms with van der Waals surface area (Å²) in [6.07, 6.45) is 6.38. The van der Waals surface area contributed by atoms with Crippen LogP contribution in [0.25, 0.3) is 5.69 Å². The molecule has 4 aromatic rings. The molecule has 176 valence electrons. The van der Waals surface area contributed by atoms with E-state index in [-0.39, 0.29) is 24.0 Å². The Bertz CT molecular complexity index is 1150. The molecule has 2 heterocycles. The highest BCUT2D eigenvalue weighted by Gasteiger charge is 2.03. The Morgan fingerprint density at radius 2 is 1.74 bits per heavy atom. The lowest BCUT2D eigenvalue weighted by Crippen LogP contribution is -2.37. The van der Waals surface area contributed by atoms with E-state index in [0.29, 0.717) is 19.0 Å². The molecule has 2 N–H and O–H groups in total. The second-order valence-electron chi connectivity index (χ2n) is 7.50. The number of pyridine rings is 1. The van der Waals surface area contributed by atoms with Gasteiger partial charge in [-0.2, -0.15) is 5.10 Å². The van der Waals surface area contributed by atoms with Crippen molar-refractivity contribution >= 4 is 29.9 Å². The van der Waals surface area contributed by atoms with Crippen LogP contribution < -0.4 is 15.4 Å². The first-order valence-corrected chi connectivity index (χ1v) is 11.0. The summed E-state index contributed by atoms with van der Waals surface area (Å²) >= 11 is 0. The normalized spacial score (nSPS) is 10.9. The van der Waals surface area contributed by atoms with Crippen LogP contribution in [0, 0.1) is 0 Å². The highest BCUT2D eigenvalue weighted by Crippen LogP contribution is 2.12. The molecule has 0 saturated carbocycles. The third kappa shape index (κ3) is 7.58. The lowest BCUT2D eigenvalue weighted by molar-refractivity contribution is 0.293. The molecule has 0 unspecified atom stereocenters. The first-order valence-electron chi connectivity index (χ1n) is 11.0. The Morgan fingerprint density at radius 1 is 0.912 bits per heavy atom. The third-order valence-electron chi connectivity index (χ3n) is 5.12. The highest BCUT2D eigenvalue weighted by atomic mass is 127. The van der Waals surface area contributed by atoms with Gasteiger partial charge >= 0.3 is 0 Å². The van der Waals surface area contributed by atoms with Crippen LogP contribution in [0.4, 0.5) is 0 Å². The van der Waals surface area contributed by atoms with Crippen molar-refractivity contribution in [1.29, 1.82) is 0 Å². The van der Waals surface area contributed by atoms with Gasteiger partial charge < -0.3 is 15.4 Å². The molecule has 2 aromatic carbocycles. The molecule has 0 aliphatic heterocycles. The zero-order valence-corrected chi connectivity index (χ0v) is 21.4. The molecule has 0 bridgehead atoms.